The van der Waals surface area contributed by atoms with E-state index in [9.17, 15) is 4.79 Å². The highest BCUT2D eigenvalue weighted by atomic mass is 16.2. The Morgan fingerprint density at radius 1 is 1.25 bits per heavy atom. The van der Waals surface area contributed by atoms with Gasteiger partial charge in [-0.2, -0.15) is 0 Å². The molecule has 1 aromatic rings. The molecule has 0 fully saturated rings. The Kier molecular flexibility index (Phi) is 6.17. The van der Waals surface area contributed by atoms with Gasteiger partial charge in [0.1, 0.15) is 6.04 Å². The number of benzene rings is 1. The summed E-state index contributed by atoms with van der Waals surface area (Å²) < 4.78 is 0. The van der Waals surface area contributed by atoms with Crippen molar-refractivity contribution in [2.45, 2.75) is 38.3 Å². The molecule has 0 aliphatic rings. The topological polar surface area (TPSA) is 58.4 Å². The predicted molar refractivity (Wildman–Crippen MR) is 83.4 cm³/mol. The molecule has 1 amide bonds. The van der Waals surface area contributed by atoms with Gasteiger partial charge in [0.15, 0.2) is 0 Å². The van der Waals surface area contributed by atoms with Crippen molar-refractivity contribution in [1.82, 2.24) is 10.2 Å². The molecule has 20 heavy (non-hydrogen) atoms. The minimum absolute atomic E-state index is 0.00192. The lowest BCUT2D eigenvalue weighted by Gasteiger charge is -2.29. The summed E-state index contributed by atoms with van der Waals surface area (Å²) in [5.41, 5.74) is 6.91. The van der Waals surface area contributed by atoms with Gasteiger partial charge < -0.3 is 11.1 Å². The first-order chi connectivity index (χ1) is 9.43. The van der Waals surface area contributed by atoms with Crippen LogP contribution in [0.4, 0.5) is 0 Å². The molecule has 0 heterocycles. The Labute approximate surface area is 122 Å². The fourth-order valence-electron chi connectivity index (χ4n) is 2.18. The van der Waals surface area contributed by atoms with Crippen LogP contribution in [0.1, 0.15) is 38.3 Å². The maximum absolute atomic E-state index is 12.5. The van der Waals surface area contributed by atoms with E-state index in [1.165, 1.54) is 0 Å². The van der Waals surface area contributed by atoms with E-state index in [0.717, 1.165) is 18.4 Å². The van der Waals surface area contributed by atoms with Gasteiger partial charge in [0, 0.05) is 12.1 Å². The Morgan fingerprint density at radius 2 is 1.80 bits per heavy atom. The molecule has 4 nitrogen and oxygen atoms in total. The van der Waals surface area contributed by atoms with Gasteiger partial charge in [-0.3, -0.25) is 9.69 Å². The summed E-state index contributed by atoms with van der Waals surface area (Å²) in [6, 6.07) is 9.51. The number of nitrogens with one attached hydrogen (secondary N) is 1. The van der Waals surface area contributed by atoms with Gasteiger partial charge in [-0.25, -0.2) is 0 Å². The number of carbonyl (C=O) groups excluding carboxylic acids is 1. The lowest BCUT2D eigenvalue weighted by molar-refractivity contribution is -0.126. The Hall–Kier alpha value is -1.39. The highest BCUT2D eigenvalue weighted by molar-refractivity contribution is 5.83. The summed E-state index contributed by atoms with van der Waals surface area (Å²) in [4.78, 5) is 14.4. The summed E-state index contributed by atoms with van der Waals surface area (Å²) in [7, 11) is 3.82. The van der Waals surface area contributed by atoms with Crippen molar-refractivity contribution in [3.63, 3.8) is 0 Å². The summed E-state index contributed by atoms with van der Waals surface area (Å²) in [5.74, 6) is -0.00192. The molecule has 4 heteroatoms. The van der Waals surface area contributed by atoms with E-state index in [1.54, 1.807) is 0 Å². The molecule has 0 aromatic heterocycles. The van der Waals surface area contributed by atoms with Crippen LogP contribution in [0.3, 0.4) is 0 Å². The van der Waals surface area contributed by atoms with Crippen molar-refractivity contribution in [2.24, 2.45) is 5.73 Å². The molecule has 0 radical (unpaired) electrons. The Morgan fingerprint density at radius 3 is 2.25 bits per heavy atom. The van der Waals surface area contributed by atoms with Crippen LogP contribution < -0.4 is 11.1 Å². The summed E-state index contributed by atoms with van der Waals surface area (Å²) in [6.07, 6.45) is 1.70. The first-order valence-corrected chi connectivity index (χ1v) is 7.21. The summed E-state index contributed by atoms with van der Waals surface area (Å²) in [6.45, 7) is 4.61. The molecule has 0 saturated heterocycles. The highest BCUT2D eigenvalue weighted by Gasteiger charge is 2.26. The van der Waals surface area contributed by atoms with Gasteiger partial charge in [0.05, 0.1) is 0 Å². The Balaban J connectivity index is 2.77. The van der Waals surface area contributed by atoms with Crippen molar-refractivity contribution in [2.75, 3.05) is 20.6 Å². The zero-order chi connectivity index (χ0) is 15.2. The van der Waals surface area contributed by atoms with Gasteiger partial charge in [-0.1, -0.05) is 44.2 Å². The van der Waals surface area contributed by atoms with Gasteiger partial charge in [-0.15, -0.1) is 0 Å². The van der Waals surface area contributed by atoms with Crippen LogP contribution in [0, 0.1) is 0 Å². The first-order valence-electron chi connectivity index (χ1n) is 7.21. The van der Waals surface area contributed by atoms with E-state index < -0.39 is 0 Å². The molecule has 3 N–H and O–H groups in total. The van der Waals surface area contributed by atoms with Crippen LogP contribution >= 0.6 is 0 Å². The number of amides is 1. The molecule has 1 atom stereocenters. The second-order valence-electron chi connectivity index (χ2n) is 5.56. The molecule has 0 saturated carbocycles. The fourth-order valence-corrected chi connectivity index (χ4v) is 2.18. The number of nitrogens with two attached hydrogens (primary N) is 1. The van der Waals surface area contributed by atoms with Crippen molar-refractivity contribution in [3.8, 4) is 0 Å². The second kappa shape index (κ2) is 7.41. The number of hydrogen-bond acceptors (Lipinski definition) is 3. The quantitative estimate of drug-likeness (QED) is 0.800. The summed E-state index contributed by atoms with van der Waals surface area (Å²) in [5, 5.41) is 3.00. The molecule has 0 aliphatic heterocycles. The lowest BCUT2D eigenvalue weighted by atomic mass is 9.94. The molecule has 0 bridgehead atoms. The van der Waals surface area contributed by atoms with Crippen LogP contribution in [-0.4, -0.2) is 37.0 Å². The minimum atomic E-state index is -0.316. The number of hydrogen-bond donors (Lipinski definition) is 2. The van der Waals surface area contributed by atoms with Gasteiger partial charge in [0.2, 0.25) is 5.91 Å². The van der Waals surface area contributed by atoms with E-state index in [0.29, 0.717) is 6.54 Å². The number of likely N-dealkylation sites (N-methyl/N-ethyl adjacent to an activating group) is 1. The number of rotatable bonds is 7. The molecule has 1 rings (SSSR count). The average Bonchev–Trinajstić information content (AvgIpc) is 2.46. The molecule has 112 valence electrons. The lowest BCUT2D eigenvalue weighted by Crippen LogP contribution is -2.51. The number of nitrogens with zero attached hydrogens (tertiary/aromatic N) is 1. The normalized spacial score (nSPS) is 13.3. The predicted octanol–water partition coefficient (Wildman–Crippen LogP) is 1.92. The highest BCUT2D eigenvalue weighted by Crippen LogP contribution is 2.18. The van der Waals surface area contributed by atoms with Crippen LogP contribution in [0.2, 0.25) is 0 Å². The van der Waals surface area contributed by atoms with E-state index >= 15 is 0 Å². The minimum Gasteiger partial charge on any atom is -0.353 e. The van der Waals surface area contributed by atoms with Crippen molar-refractivity contribution >= 4 is 5.91 Å². The standard InChI is InChI=1S/C16H27N3O/c1-5-16(17,6-2)12-18-15(20)14(19(3)4)13-10-8-7-9-11-13/h7-11,14H,5-6,12,17H2,1-4H3,(H,18,20). The van der Waals surface area contributed by atoms with Gasteiger partial charge >= 0.3 is 0 Å². The van der Waals surface area contributed by atoms with Crippen LogP contribution in [-0.2, 0) is 4.79 Å². The monoisotopic (exact) mass is 277 g/mol. The van der Waals surface area contributed by atoms with E-state index in [2.05, 4.69) is 19.2 Å². The smallest absolute Gasteiger partial charge is 0.242 e. The second-order valence-corrected chi connectivity index (χ2v) is 5.56. The molecule has 1 aromatic carbocycles. The maximum atomic E-state index is 12.5. The SMILES string of the molecule is CCC(N)(CC)CNC(=O)C(c1ccccc1)N(C)C. The third kappa shape index (κ3) is 4.32. The van der Waals surface area contributed by atoms with Gasteiger partial charge in [-0.05, 0) is 32.5 Å². The molecular weight excluding hydrogens is 250 g/mol. The van der Waals surface area contributed by atoms with Crippen LogP contribution in [0.5, 0.6) is 0 Å². The zero-order valence-electron chi connectivity index (χ0n) is 13.0. The third-order valence-corrected chi connectivity index (χ3v) is 3.90. The Bertz CT molecular complexity index is 413. The first kappa shape index (κ1) is 16.7. The summed E-state index contributed by atoms with van der Waals surface area (Å²) >= 11 is 0. The zero-order valence-corrected chi connectivity index (χ0v) is 13.0. The average molecular weight is 277 g/mol. The van der Waals surface area contributed by atoms with Crippen LogP contribution in [0.25, 0.3) is 0 Å². The maximum Gasteiger partial charge on any atom is 0.242 e. The van der Waals surface area contributed by atoms with Crippen LogP contribution in [0.15, 0.2) is 30.3 Å². The van der Waals surface area contributed by atoms with Crippen molar-refractivity contribution in [1.29, 1.82) is 0 Å². The molecular formula is C16H27N3O. The molecule has 0 spiro atoms. The fraction of sp³-hybridized carbons (Fsp3) is 0.562. The van der Waals surface area contributed by atoms with E-state index in [4.69, 9.17) is 5.73 Å². The molecule has 0 aliphatic carbocycles. The van der Waals surface area contributed by atoms with E-state index in [1.807, 2.05) is 49.3 Å². The van der Waals surface area contributed by atoms with Crippen molar-refractivity contribution < 1.29 is 4.79 Å². The van der Waals surface area contributed by atoms with E-state index in [-0.39, 0.29) is 17.5 Å². The van der Waals surface area contributed by atoms with Gasteiger partial charge in [0.25, 0.3) is 0 Å². The largest absolute Gasteiger partial charge is 0.353 e. The van der Waals surface area contributed by atoms with Crippen molar-refractivity contribution in [3.05, 3.63) is 35.9 Å². The molecule has 1 unspecified atom stereocenters. The third-order valence-electron chi connectivity index (χ3n) is 3.90. The number of carbonyl (C=O) groups is 1.